The Morgan fingerprint density at radius 3 is 2.95 bits per heavy atom. The number of carbonyl (C=O) groups is 3. The first-order valence-electron chi connectivity index (χ1n) is 6.47. The van der Waals surface area contributed by atoms with Crippen LogP contribution >= 0.6 is 0 Å². The summed E-state index contributed by atoms with van der Waals surface area (Å²) >= 11 is 0. The average molecular weight is 292 g/mol. The molecular weight excluding hydrogens is 279 g/mol. The van der Waals surface area contributed by atoms with Crippen molar-refractivity contribution in [3.05, 3.63) is 29.6 Å². The molecule has 1 aromatic carbocycles. The first kappa shape index (κ1) is 13.5. The Morgan fingerprint density at radius 1 is 1.57 bits per heavy atom. The largest absolute Gasteiger partial charge is 0.438 e. The maximum atomic E-state index is 13.6. The van der Waals surface area contributed by atoms with Gasteiger partial charge in [-0.15, -0.1) is 0 Å². The van der Waals surface area contributed by atoms with Gasteiger partial charge in [-0.1, -0.05) is 0 Å². The van der Waals surface area contributed by atoms with Gasteiger partial charge in [-0.05, 0) is 18.2 Å². The normalized spacial score (nSPS) is 26.7. The van der Waals surface area contributed by atoms with Gasteiger partial charge >= 0.3 is 6.09 Å². The molecule has 2 atom stereocenters. The molecule has 1 saturated carbocycles. The quantitative estimate of drug-likeness (QED) is 0.851. The summed E-state index contributed by atoms with van der Waals surface area (Å²) in [4.78, 5) is 34.9. The lowest BCUT2D eigenvalue weighted by molar-refractivity contribution is -0.119. The van der Waals surface area contributed by atoms with Gasteiger partial charge in [0.05, 0.1) is 23.8 Å². The second-order valence-corrected chi connectivity index (χ2v) is 5.30. The molecule has 7 heteroatoms. The molecule has 1 spiro atoms. The van der Waals surface area contributed by atoms with E-state index in [1.54, 1.807) is 0 Å². The van der Waals surface area contributed by atoms with Crippen LogP contribution in [0.15, 0.2) is 18.2 Å². The van der Waals surface area contributed by atoms with Gasteiger partial charge in [0.15, 0.2) is 11.9 Å². The molecule has 110 valence electrons. The number of benzene rings is 1. The summed E-state index contributed by atoms with van der Waals surface area (Å²) in [7, 11) is 0. The number of halogens is 1. The van der Waals surface area contributed by atoms with Gasteiger partial charge in [-0.25, -0.2) is 9.18 Å². The van der Waals surface area contributed by atoms with Crippen molar-refractivity contribution < 1.29 is 23.5 Å². The zero-order valence-corrected chi connectivity index (χ0v) is 11.3. The Hall–Kier alpha value is -2.44. The number of rotatable bonds is 3. The fourth-order valence-corrected chi connectivity index (χ4v) is 2.57. The van der Waals surface area contributed by atoms with Crippen LogP contribution in [0.1, 0.15) is 23.7 Å². The molecule has 2 aliphatic rings. The number of nitrogens with zero attached hydrogens (tertiary/aromatic N) is 1. The third-order valence-corrected chi connectivity index (χ3v) is 3.76. The fraction of sp³-hybridized carbons (Fsp3) is 0.357. The van der Waals surface area contributed by atoms with E-state index in [9.17, 15) is 18.8 Å². The number of hydrogen-bond acceptors (Lipinski definition) is 4. The van der Waals surface area contributed by atoms with E-state index in [0.29, 0.717) is 18.4 Å². The van der Waals surface area contributed by atoms with Gasteiger partial charge in [0, 0.05) is 13.3 Å². The molecule has 1 aromatic rings. The summed E-state index contributed by atoms with van der Waals surface area (Å²) in [5, 5.41) is 2.71. The minimum absolute atomic E-state index is 0.0661. The van der Waals surface area contributed by atoms with Crippen LogP contribution in [0.3, 0.4) is 0 Å². The Labute approximate surface area is 119 Å². The van der Waals surface area contributed by atoms with E-state index in [0.717, 1.165) is 6.07 Å². The summed E-state index contributed by atoms with van der Waals surface area (Å²) < 4.78 is 18.9. The number of amides is 2. The lowest BCUT2D eigenvalue weighted by atomic mass is 10.2. The highest BCUT2D eigenvalue weighted by Crippen LogP contribution is 2.46. The van der Waals surface area contributed by atoms with E-state index in [2.05, 4.69) is 5.32 Å². The maximum Gasteiger partial charge on any atom is 0.415 e. The molecule has 1 N–H and O–H groups in total. The number of carbonyl (C=O) groups excluding carboxylic acids is 3. The molecule has 1 aliphatic heterocycles. The molecule has 3 rings (SSSR count). The molecular formula is C14H13FN2O4. The molecule has 1 heterocycles. The highest BCUT2D eigenvalue weighted by Gasteiger charge is 2.64. The third-order valence-electron chi connectivity index (χ3n) is 3.76. The Balaban J connectivity index is 1.79. The molecule has 2 amide bonds. The number of nitrogens with one attached hydrogen (secondary N) is 1. The van der Waals surface area contributed by atoms with Gasteiger partial charge in [0.1, 0.15) is 5.82 Å². The third kappa shape index (κ3) is 2.24. The summed E-state index contributed by atoms with van der Waals surface area (Å²) in [6.45, 7) is 1.64. The van der Waals surface area contributed by atoms with Crippen LogP contribution in [0, 0.1) is 5.82 Å². The minimum Gasteiger partial charge on any atom is -0.438 e. The number of anilines is 1. The molecule has 0 radical (unpaired) electrons. The van der Waals surface area contributed by atoms with Crippen LogP contribution in [-0.4, -0.2) is 36.5 Å². The van der Waals surface area contributed by atoms with Crippen LogP contribution < -0.4 is 10.2 Å². The van der Waals surface area contributed by atoms with Crippen LogP contribution in [0.25, 0.3) is 0 Å². The van der Waals surface area contributed by atoms with E-state index >= 15 is 0 Å². The van der Waals surface area contributed by atoms with Crippen LogP contribution in [0.5, 0.6) is 0 Å². The van der Waals surface area contributed by atoms with Gasteiger partial charge in [0.2, 0.25) is 5.91 Å². The van der Waals surface area contributed by atoms with Crippen LogP contribution in [0.4, 0.5) is 14.9 Å². The Morgan fingerprint density at radius 2 is 2.33 bits per heavy atom. The van der Waals surface area contributed by atoms with Crippen molar-refractivity contribution in [2.45, 2.75) is 25.0 Å². The predicted molar refractivity (Wildman–Crippen MR) is 70.6 cm³/mol. The van der Waals surface area contributed by atoms with Crippen LogP contribution in [0.2, 0.25) is 0 Å². The van der Waals surface area contributed by atoms with Crippen molar-refractivity contribution in [2.75, 3.05) is 11.4 Å². The van der Waals surface area contributed by atoms with Gasteiger partial charge < -0.3 is 10.1 Å². The Bertz CT molecular complexity index is 648. The van der Waals surface area contributed by atoms with Crippen molar-refractivity contribution in [3.8, 4) is 0 Å². The van der Waals surface area contributed by atoms with E-state index in [-0.39, 0.29) is 24.1 Å². The van der Waals surface area contributed by atoms with Gasteiger partial charge in [-0.2, -0.15) is 0 Å². The fourth-order valence-electron chi connectivity index (χ4n) is 2.57. The molecule has 21 heavy (non-hydrogen) atoms. The van der Waals surface area contributed by atoms with Crippen LogP contribution in [-0.2, 0) is 9.53 Å². The first-order valence-corrected chi connectivity index (χ1v) is 6.47. The molecule has 1 aliphatic carbocycles. The zero-order valence-electron chi connectivity index (χ0n) is 11.3. The molecule has 2 fully saturated rings. The molecule has 1 unspecified atom stereocenters. The van der Waals surface area contributed by atoms with Crippen molar-refractivity contribution in [1.82, 2.24) is 5.32 Å². The predicted octanol–water partition coefficient (Wildman–Crippen LogP) is 1.24. The molecule has 6 nitrogen and oxygen atoms in total. The smallest absolute Gasteiger partial charge is 0.415 e. The van der Waals surface area contributed by atoms with E-state index < -0.39 is 17.5 Å². The maximum absolute atomic E-state index is 13.6. The summed E-state index contributed by atoms with van der Waals surface area (Å²) in [5.41, 5.74) is -0.459. The van der Waals surface area contributed by atoms with Crippen molar-refractivity contribution in [2.24, 2.45) is 0 Å². The first-order chi connectivity index (χ1) is 9.95. The van der Waals surface area contributed by atoms with Crippen molar-refractivity contribution in [3.63, 3.8) is 0 Å². The lowest BCUT2D eigenvalue weighted by Crippen LogP contribution is -2.33. The van der Waals surface area contributed by atoms with Gasteiger partial charge in [-0.3, -0.25) is 14.5 Å². The zero-order chi connectivity index (χ0) is 15.2. The number of aldehydes is 1. The van der Waals surface area contributed by atoms with Gasteiger partial charge in [0.25, 0.3) is 0 Å². The standard InChI is InChI=1S/C14H13FN2O4/c1-8(19)16-12-5-14(12)7-17(13(20)21-14)10-3-2-9(6-18)11(15)4-10/h2-4,6,12H,5,7H2,1H3,(H,16,19)/t12?,14-/m1/s1. The molecule has 1 saturated heterocycles. The lowest BCUT2D eigenvalue weighted by Gasteiger charge is -2.13. The topological polar surface area (TPSA) is 75.7 Å². The SMILES string of the molecule is CC(=O)NC1C[C@@]12CN(c1ccc(C=O)c(F)c1)C(=O)O2. The monoisotopic (exact) mass is 292 g/mol. The number of hydrogen-bond donors (Lipinski definition) is 1. The minimum atomic E-state index is -0.720. The summed E-state index contributed by atoms with van der Waals surface area (Å²) in [5.74, 6) is -0.877. The van der Waals surface area contributed by atoms with E-state index in [1.165, 1.54) is 24.0 Å². The molecule has 0 bridgehead atoms. The summed E-state index contributed by atoms with van der Waals surface area (Å²) in [6, 6.07) is 3.72. The van der Waals surface area contributed by atoms with Crippen molar-refractivity contribution >= 4 is 24.0 Å². The second-order valence-electron chi connectivity index (χ2n) is 5.30. The highest BCUT2D eigenvalue weighted by atomic mass is 19.1. The molecule has 0 aromatic heterocycles. The Kier molecular flexibility index (Phi) is 2.93. The number of ether oxygens (including phenoxy) is 1. The van der Waals surface area contributed by atoms with E-state index in [1.807, 2.05) is 0 Å². The van der Waals surface area contributed by atoms with Crippen molar-refractivity contribution in [1.29, 1.82) is 0 Å². The highest BCUT2D eigenvalue weighted by molar-refractivity contribution is 5.92. The second kappa shape index (κ2) is 4.54. The van der Waals surface area contributed by atoms with E-state index in [4.69, 9.17) is 4.74 Å². The average Bonchev–Trinajstić information content (AvgIpc) is 2.93. The summed E-state index contributed by atoms with van der Waals surface area (Å²) in [6.07, 6.45) is 0.376.